The van der Waals surface area contributed by atoms with E-state index in [1.807, 2.05) is 0 Å². The van der Waals surface area contributed by atoms with Crippen molar-refractivity contribution in [1.29, 1.82) is 0 Å². The molecule has 1 aliphatic rings. The highest BCUT2D eigenvalue weighted by Crippen LogP contribution is 2.23. The Kier molecular flexibility index (Phi) is 2.21. The van der Waals surface area contributed by atoms with Gasteiger partial charge in [-0.3, -0.25) is 4.79 Å². The molecule has 14 heavy (non-hydrogen) atoms. The van der Waals surface area contributed by atoms with Gasteiger partial charge in [-0.2, -0.15) is 0 Å². The first-order valence-electron chi connectivity index (χ1n) is 3.95. The number of aliphatic imine (C=N–C) groups is 1. The number of amides is 1. The lowest BCUT2D eigenvalue weighted by Crippen LogP contribution is -2.21. The third-order valence-corrected chi connectivity index (χ3v) is 2.10. The summed E-state index contributed by atoms with van der Waals surface area (Å²) in [6, 6.07) is 4.28. The van der Waals surface area contributed by atoms with Gasteiger partial charge < -0.3 is 4.90 Å². The predicted octanol–water partition coefficient (Wildman–Crippen LogP) is 1.85. The molecule has 1 aromatic rings. The fourth-order valence-corrected chi connectivity index (χ4v) is 1.38. The van der Waals surface area contributed by atoms with Crippen LogP contribution >= 0.6 is 11.6 Å². The monoisotopic (exact) mass is 212 g/mol. The van der Waals surface area contributed by atoms with Crippen LogP contribution in [-0.2, 0) is 4.79 Å². The van der Waals surface area contributed by atoms with Gasteiger partial charge in [-0.15, -0.1) is 0 Å². The van der Waals surface area contributed by atoms with Crippen molar-refractivity contribution < 1.29 is 9.18 Å². The van der Waals surface area contributed by atoms with Gasteiger partial charge in [0.15, 0.2) is 0 Å². The Morgan fingerprint density at radius 3 is 2.86 bits per heavy atom. The van der Waals surface area contributed by atoms with E-state index in [4.69, 9.17) is 11.6 Å². The Hall–Kier alpha value is -1.42. The van der Waals surface area contributed by atoms with E-state index >= 15 is 0 Å². The second kappa shape index (κ2) is 3.38. The van der Waals surface area contributed by atoms with Crippen LogP contribution in [0.2, 0.25) is 5.02 Å². The Balaban J connectivity index is 2.33. The first-order chi connectivity index (χ1) is 6.66. The van der Waals surface area contributed by atoms with Crippen molar-refractivity contribution in [3.8, 4) is 0 Å². The molecule has 0 saturated heterocycles. The molecular weight excluding hydrogens is 207 g/mol. The summed E-state index contributed by atoms with van der Waals surface area (Å²) in [5.41, 5.74) is 0.309. The van der Waals surface area contributed by atoms with E-state index in [0.717, 1.165) is 0 Å². The number of halogens is 2. The third-order valence-electron chi connectivity index (χ3n) is 1.87. The number of anilines is 1. The van der Waals surface area contributed by atoms with Crippen LogP contribution in [0.4, 0.5) is 10.1 Å². The average Bonchev–Trinajstić information content (AvgIpc) is 2.51. The molecule has 0 aromatic heterocycles. The molecule has 1 heterocycles. The summed E-state index contributed by atoms with van der Waals surface area (Å²) >= 11 is 5.59. The van der Waals surface area contributed by atoms with E-state index < -0.39 is 5.82 Å². The summed E-state index contributed by atoms with van der Waals surface area (Å²) in [5.74, 6) is -0.738. The van der Waals surface area contributed by atoms with Crippen molar-refractivity contribution in [3.63, 3.8) is 0 Å². The van der Waals surface area contributed by atoms with Crippen LogP contribution in [0.1, 0.15) is 0 Å². The lowest BCUT2D eigenvalue weighted by atomic mass is 10.3. The van der Waals surface area contributed by atoms with Crippen LogP contribution in [0.15, 0.2) is 23.2 Å². The summed E-state index contributed by atoms with van der Waals surface area (Å²) in [5, 5.41) is 0.328. The second-order valence-corrected chi connectivity index (χ2v) is 3.30. The fraction of sp³-hybridized carbons (Fsp3) is 0.111. The van der Waals surface area contributed by atoms with Gasteiger partial charge in [0.2, 0.25) is 0 Å². The minimum absolute atomic E-state index is 0.0819. The number of nitrogens with zero attached hydrogens (tertiary/aromatic N) is 2. The number of rotatable bonds is 1. The first-order valence-corrected chi connectivity index (χ1v) is 4.33. The van der Waals surface area contributed by atoms with Gasteiger partial charge in [-0.1, -0.05) is 11.6 Å². The van der Waals surface area contributed by atoms with Crippen molar-refractivity contribution in [2.75, 3.05) is 11.4 Å². The average molecular weight is 213 g/mol. The van der Waals surface area contributed by atoms with Crippen molar-refractivity contribution in [1.82, 2.24) is 0 Å². The summed E-state index contributed by atoms with van der Waals surface area (Å²) in [6.07, 6.45) is 1.31. The molecule has 0 N–H and O–H groups in total. The van der Waals surface area contributed by atoms with E-state index in [0.29, 0.717) is 10.7 Å². The Morgan fingerprint density at radius 2 is 2.29 bits per heavy atom. The van der Waals surface area contributed by atoms with Gasteiger partial charge in [0, 0.05) is 5.02 Å². The molecule has 1 amide bonds. The molecule has 0 radical (unpaired) electrons. The second-order valence-electron chi connectivity index (χ2n) is 2.86. The van der Waals surface area contributed by atoms with Gasteiger partial charge in [0.25, 0.3) is 5.91 Å². The molecule has 1 aliphatic heterocycles. The molecule has 1 aromatic carbocycles. The molecule has 0 spiro atoms. The van der Waals surface area contributed by atoms with Crippen molar-refractivity contribution in [2.24, 2.45) is 4.99 Å². The molecule has 0 unspecified atom stereocenters. The summed E-state index contributed by atoms with van der Waals surface area (Å²) in [4.78, 5) is 15.8. The summed E-state index contributed by atoms with van der Waals surface area (Å²) in [7, 11) is 0. The SMILES string of the molecule is O=C1CN(c2ccc(Cl)cc2F)C=N1. The Labute approximate surface area is 84.8 Å². The van der Waals surface area contributed by atoms with Crippen molar-refractivity contribution >= 4 is 29.5 Å². The van der Waals surface area contributed by atoms with Crippen LogP contribution in [-0.4, -0.2) is 18.8 Å². The molecule has 0 saturated carbocycles. The highest BCUT2D eigenvalue weighted by molar-refractivity contribution is 6.30. The van der Waals surface area contributed by atoms with Crippen LogP contribution in [0.5, 0.6) is 0 Å². The minimum Gasteiger partial charge on any atom is -0.320 e. The molecule has 2 rings (SSSR count). The van der Waals surface area contributed by atoms with Crippen molar-refractivity contribution in [3.05, 3.63) is 29.0 Å². The fourth-order valence-electron chi connectivity index (χ4n) is 1.22. The summed E-state index contributed by atoms with van der Waals surface area (Å²) < 4.78 is 13.3. The minimum atomic E-state index is -0.460. The first kappa shape index (κ1) is 9.15. The number of carbonyl (C=O) groups is 1. The van der Waals surface area contributed by atoms with E-state index in [1.54, 1.807) is 6.07 Å². The van der Waals surface area contributed by atoms with Crippen LogP contribution in [0, 0.1) is 5.82 Å². The third kappa shape index (κ3) is 1.61. The van der Waals surface area contributed by atoms with E-state index in [1.165, 1.54) is 23.4 Å². The van der Waals surface area contributed by atoms with Crippen LogP contribution in [0.25, 0.3) is 0 Å². The zero-order valence-electron chi connectivity index (χ0n) is 7.08. The highest BCUT2D eigenvalue weighted by Gasteiger charge is 2.17. The molecule has 0 aliphatic carbocycles. The van der Waals surface area contributed by atoms with Gasteiger partial charge >= 0.3 is 0 Å². The maximum Gasteiger partial charge on any atom is 0.267 e. The lowest BCUT2D eigenvalue weighted by molar-refractivity contribution is -0.115. The van der Waals surface area contributed by atoms with Crippen molar-refractivity contribution in [2.45, 2.75) is 0 Å². The zero-order valence-corrected chi connectivity index (χ0v) is 7.83. The standard InChI is InChI=1S/C9H6ClFN2O/c10-6-1-2-8(7(11)3-6)13-4-9(14)12-5-13/h1-3,5H,4H2. The summed E-state index contributed by atoms with van der Waals surface area (Å²) in [6.45, 7) is 0.0819. The maximum absolute atomic E-state index is 13.3. The normalized spacial score (nSPS) is 15.3. The van der Waals surface area contributed by atoms with Gasteiger partial charge in [-0.25, -0.2) is 9.38 Å². The molecular formula is C9H6ClFN2O. The predicted molar refractivity (Wildman–Crippen MR) is 52.3 cm³/mol. The highest BCUT2D eigenvalue weighted by atomic mass is 35.5. The van der Waals surface area contributed by atoms with Crippen LogP contribution < -0.4 is 4.90 Å². The zero-order chi connectivity index (χ0) is 10.1. The van der Waals surface area contributed by atoms with E-state index in [9.17, 15) is 9.18 Å². The number of benzene rings is 1. The molecule has 0 fully saturated rings. The number of hydrogen-bond acceptors (Lipinski definition) is 2. The molecule has 3 nitrogen and oxygen atoms in total. The number of carbonyl (C=O) groups excluding carboxylic acids is 1. The lowest BCUT2D eigenvalue weighted by Gasteiger charge is -2.13. The topological polar surface area (TPSA) is 32.7 Å². The molecule has 72 valence electrons. The van der Waals surface area contributed by atoms with Gasteiger partial charge in [0.1, 0.15) is 12.4 Å². The molecule has 0 atom stereocenters. The smallest absolute Gasteiger partial charge is 0.267 e. The van der Waals surface area contributed by atoms with Gasteiger partial charge in [0.05, 0.1) is 12.0 Å². The number of hydrogen-bond donors (Lipinski definition) is 0. The molecule has 5 heteroatoms. The van der Waals surface area contributed by atoms with E-state index in [2.05, 4.69) is 4.99 Å². The van der Waals surface area contributed by atoms with E-state index in [-0.39, 0.29) is 12.5 Å². The molecule has 0 bridgehead atoms. The quantitative estimate of drug-likeness (QED) is 0.712. The van der Waals surface area contributed by atoms with Gasteiger partial charge in [-0.05, 0) is 18.2 Å². The largest absolute Gasteiger partial charge is 0.320 e. The Morgan fingerprint density at radius 1 is 1.50 bits per heavy atom. The maximum atomic E-state index is 13.3. The van der Waals surface area contributed by atoms with Crippen LogP contribution in [0.3, 0.4) is 0 Å². The Bertz CT molecular complexity index is 419.